The maximum absolute atomic E-state index is 13.5. The van der Waals surface area contributed by atoms with Crippen LogP contribution in [-0.4, -0.2) is 36.7 Å². The minimum atomic E-state index is -0.336. The number of aromatic nitrogens is 5. The number of pyridine rings is 1. The summed E-state index contributed by atoms with van der Waals surface area (Å²) in [6.07, 6.45) is 6.64. The largest absolute Gasteiger partial charge is 0.354 e. The van der Waals surface area contributed by atoms with Gasteiger partial charge in [-0.2, -0.15) is 0 Å². The third kappa shape index (κ3) is 2.89. The first kappa shape index (κ1) is 18.3. The molecule has 0 atom stereocenters. The molecule has 0 aliphatic rings. The average molecular weight is 421 g/mol. The normalized spacial score (nSPS) is 11.3. The third-order valence-corrected chi connectivity index (χ3v) is 5.10. The second-order valence-corrected chi connectivity index (χ2v) is 7.01. The molecule has 9 heteroatoms. The minimum absolute atomic E-state index is 0.263. The summed E-state index contributed by atoms with van der Waals surface area (Å²) in [5.41, 5.74) is 4.27. The number of hydrogen-bond donors (Lipinski definition) is 1. The van der Waals surface area contributed by atoms with Crippen molar-refractivity contribution in [3.8, 4) is 22.5 Å². The van der Waals surface area contributed by atoms with Crippen molar-refractivity contribution < 1.29 is 9.18 Å². The zero-order valence-electron chi connectivity index (χ0n) is 15.7. The number of halogens is 2. The molecular weight excluding hydrogens is 407 g/mol. The van der Waals surface area contributed by atoms with Crippen LogP contribution in [0.1, 0.15) is 10.5 Å². The Hall–Kier alpha value is -3.78. The van der Waals surface area contributed by atoms with Crippen LogP contribution in [0, 0.1) is 5.82 Å². The second kappa shape index (κ2) is 6.93. The van der Waals surface area contributed by atoms with Gasteiger partial charge in [0, 0.05) is 30.6 Å². The fourth-order valence-corrected chi connectivity index (χ4v) is 3.57. The predicted molar refractivity (Wildman–Crippen MR) is 111 cm³/mol. The lowest BCUT2D eigenvalue weighted by atomic mass is 10.0. The molecule has 4 aromatic heterocycles. The highest BCUT2D eigenvalue weighted by molar-refractivity contribution is 6.29. The summed E-state index contributed by atoms with van der Waals surface area (Å²) in [5, 5.41) is 3.04. The predicted octanol–water partition coefficient (Wildman–Crippen LogP) is 3.86. The lowest BCUT2D eigenvalue weighted by molar-refractivity contribution is 0.0959. The third-order valence-electron chi connectivity index (χ3n) is 4.82. The van der Waals surface area contributed by atoms with Crippen LogP contribution in [0.5, 0.6) is 0 Å². The minimum Gasteiger partial charge on any atom is -0.354 e. The van der Waals surface area contributed by atoms with Gasteiger partial charge in [0.1, 0.15) is 22.3 Å². The van der Waals surface area contributed by atoms with Crippen LogP contribution in [-0.2, 0) is 0 Å². The van der Waals surface area contributed by atoms with Crippen LogP contribution in [0.4, 0.5) is 4.39 Å². The van der Waals surface area contributed by atoms with Crippen LogP contribution < -0.4 is 5.32 Å². The summed E-state index contributed by atoms with van der Waals surface area (Å²) < 4.78 is 17.0. The summed E-state index contributed by atoms with van der Waals surface area (Å²) in [6, 6.07) is 9.81. The molecule has 0 unspecified atom stereocenters. The molecule has 0 fully saturated rings. The summed E-state index contributed by atoms with van der Waals surface area (Å²) >= 11 is 6.26. The van der Waals surface area contributed by atoms with Crippen LogP contribution in [0.25, 0.3) is 33.8 Å². The Morgan fingerprint density at radius 2 is 1.73 bits per heavy atom. The smallest absolute Gasteiger partial charge is 0.271 e. The summed E-state index contributed by atoms with van der Waals surface area (Å²) in [5.74, 6) is -0.640. The number of carbonyl (C=O) groups excluding carboxylic acids is 1. The van der Waals surface area contributed by atoms with E-state index in [0.717, 1.165) is 11.1 Å². The first-order valence-corrected chi connectivity index (χ1v) is 9.42. The van der Waals surface area contributed by atoms with Gasteiger partial charge in [-0.3, -0.25) is 18.6 Å². The van der Waals surface area contributed by atoms with E-state index in [4.69, 9.17) is 11.6 Å². The maximum Gasteiger partial charge on any atom is 0.271 e. The fourth-order valence-electron chi connectivity index (χ4n) is 3.39. The van der Waals surface area contributed by atoms with E-state index in [2.05, 4.69) is 20.3 Å². The van der Waals surface area contributed by atoms with Gasteiger partial charge in [-0.1, -0.05) is 11.6 Å². The van der Waals surface area contributed by atoms with Crippen molar-refractivity contribution in [2.45, 2.75) is 0 Å². The Morgan fingerprint density at radius 1 is 0.967 bits per heavy atom. The van der Waals surface area contributed by atoms with E-state index in [0.29, 0.717) is 27.8 Å². The zero-order chi connectivity index (χ0) is 20.8. The van der Waals surface area contributed by atoms with Gasteiger partial charge < -0.3 is 5.32 Å². The quantitative estimate of drug-likeness (QED) is 0.481. The van der Waals surface area contributed by atoms with Gasteiger partial charge in [0.15, 0.2) is 5.65 Å². The van der Waals surface area contributed by atoms with Gasteiger partial charge in [-0.15, -0.1) is 0 Å². The number of nitrogens with one attached hydrogen (secondary N) is 1. The van der Waals surface area contributed by atoms with Crippen LogP contribution in [0.3, 0.4) is 0 Å². The second-order valence-electron chi connectivity index (χ2n) is 6.62. The molecule has 0 aliphatic carbocycles. The van der Waals surface area contributed by atoms with E-state index in [-0.39, 0.29) is 17.4 Å². The molecule has 1 aromatic carbocycles. The molecule has 148 valence electrons. The summed E-state index contributed by atoms with van der Waals surface area (Å²) in [4.78, 5) is 25.3. The Morgan fingerprint density at radius 3 is 2.50 bits per heavy atom. The van der Waals surface area contributed by atoms with E-state index in [1.807, 2.05) is 18.3 Å². The molecule has 4 heterocycles. The van der Waals surface area contributed by atoms with E-state index in [1.165, 1.54) is 12.1 Å². The Bertz CT molecular complexity index is 1420. The Balaban J connectivity index is 1.83. The number of carbonyl (C=O) groups is 1. The molecule has 1 N–H and O–H groups in total. The van der Waals surface area contributed by atoms with Gasteiger partial charge in [0.2, 0.25) is 0 Å². The van der Waals surface area contributed by atoms with Crippen molar-refractivity contribution in [1.29, 1.82) is 0 Å². The van der Waals surface area contributed by atoms with Gasteiger partial charge in [-0.05, 0) is 36.4 Å². The molecule has 0 saturated carbocycles. The number of hydrogen-bond acceptors (Lipinski definition) is 4. The molecule has 5 rings (SSSR count). The van der Waals surface area contributed by atoms with Gasteiger partial charge in [-0.25, -0.2) is 14.4 Å². The summed E-state index contributed by atoms with van der Waals surface area (Å²) in [7, 11) is 1.55. The number of nitrogens with zero attached hydrogens (tertiary/aromatic N) is 5. The van der Waals surface area contributed by atoms with Gasteiger partial charge >= 0.3 is 0 Å². The molecule has 30 heavy (non-hydrogen) atoms. The van der Waals surface area contributed by atoms with E-state index < -0.39 is 0 Å². The lowest BCUT2D eigenvalue weighted by Crippen LogP contribution is -2.17. The summed E-state index contributed by atoms with van der Waals surface area (Å²) in [6.45, 7) is 0. The van der Waals surface area contributed by atoms with Crippen LogP contribution >= 0.6 is 11.6 Å². The first-order chi connectivity index (χ1) is 14.5. The molecule has 0 bridgehead atoms. The lowest BCUT2D eigenvalue weighted by Gasteiger charge is -2.12. The number of rotatable bonds is 3. The van der Waals surface area contributed by atoms with E-state index in [9.17, 15) is 9.18 Å². The molecule has 7 nitrogen and oxygen atoms in total. The van der Waals surface area contributed by atoms with E-state index >= 15 is 0 Å². The molecular formula is C21H14ClFN6O. The topological polar surface area (TPSA) is 76.6 Å². The molecule has 0 aliphatic heterocycles. The fraction of sp³-hybridized carbons (Fsp3) is 0.0476. The van der Waals surface area contributed by atoms with Crippen molar-refractivity contribution in [2.75, 3.05) is 7.05 Å². The van der Waals surface area contributed by atoms with Crippen molar-refractivity contribution in [3.63, 3.8) is 0 Å². The van der Waals surface area contributed by atoms with Crippen molar-refractivity contribution >= 4 is 28.8 Å². The molecule has 1 amide bonds. The Kier molecular flexibility index (Phi) is 4.22. The SMILES string of the molecule is CNC(=O)c1cn2c(-c3ccc4ncc(Cl)n4c3)c(-c3ccc(F)cc3)ncc2n1. The molecule has 0 radical (unpaired) electrons. The highest BCUT2D eigenvalue weighted by atomic mass is 35.5. The zero-order valence-corrected chi connectivity index (χ0v) is 16.4. The highest BCUT2D eigenvalue weighted by Crippen LogP contribution is 2.32. The maximum atomic E-state index is 13.5. The standard InChI is InChI=1S/C21H14ClFN6O/c1-24-21(30)15-11-29-18(27-15)9-26-19(12-2-5-14(23)6-3-12)20(29)13-4-7-17-25-8-16(22)28(17)10-13/h2-11H,1H3,(H,24,30). The van der Waals surface area contributed by atoms with E-state index in [1.54, 1.807) is 46.6 Å². The number of amides is 1. The van der Waals surface area contributed by atoms with Crippen molar-refractivity contribution in [2.24, 2.45) is 0 Å². The number of imidazole rings is 2. The van der Waals surface area contributed by atoms with Gasteiger partial charge in [0.05, 0.1) is 23.8 Å². The van der Waals surface area contributed by atoms with Crippen LogP contribution in [0.15, 0.2) is 61.2 Å². The first-order valence-electron chi connectivity index (χ1n) is 9.04. The van der Waals surface area contributed by atoms with Crippen LogP contribution in [0.2, 0.25) is 5.15 Å². The van der Waals surface area contributed by atoms with Crippen molar-refractivity contribution in [1.82, 2.24) is 29.1 Å². The highest BCUT2D eigenvalue weighted by Gasteiger charge is 2.18. The monoisotopic (exact) mass is 420 g/mol. The molecule has 0 spiro atoms. The molecule has 5 aromatic rings. The van der Waals surface area contributed by atoms with Gasteiger partial charge in [0.25, 0.3) is 5.91 Å². The molecule has 0 saturated heterocycles. The Labute approximate surface area is 174 Å². The number of benzene rings is 1. The average Bonchev–Trinajstić information content (AvgIpc) is 3.36. The number of fused-ring (bicyclic) bond motifs is 2. The van der Waals surface area contributed by atoms with Crippen molar-refractivity contribution in [3.05, 3.63) is 77.8 Å².